The zero-order valence-corrected chi connectivity index (χ0v) is 20.3. The quantitative estimate of drug-likeness (QED) is 0.322. The Bertz CT molecular complexity index is 1070. The van der Waals surface area contributed by atoms with Crippen LogP contribution in [0.4, 0.5) is 4.39 Å². The van der Waals surface area contributed by atoms with Crippen molar-refractivity contribution in [2.75, 3.05) is 6.54 Å². The molecule has 0 bridgehead atoms. The highest BCUT2D eigenvalue weighted by atomic mass is 127. The van der Waals surface area contributed by atoms with Crippen LogP contribution in [0.3, 0.4) is 0 Å². The molecular weight excluding hydrogens is 504 g/mol. The lowest BCUT2D eigenvalue weighted by atomic mass is 10.1. The summed E-state index contributed by atoms with van der Waals surface area (Å²) in [7, 11) is 0. The van der Waals surface area contributed by atoms with Gasteiger partial charge in [-0.1, -0.05) is 32.8 Å². The maximum atomic E-state index is 13.9. The number of nitrogens with zero attached hydrogens (tertiary/aromatic N) is 3. The number of benzene rings is 2. The van der Waals surface area contributed by atoms with Crippen LogP contribution in [-0.4, -0.2) is 26.9 Å². The topological polar surface area (TPSA) is 38.1 Å². The molecule has 0 unspecified atom stereocenters. The van der Waals surface area contributed by atoms with Gasteiger partial charge in [-0.3, -0.25) is 4.79 Å². The molecule has 2 aromatic carbocycles. The first-order valence-corrected chi connectivity index (χ1v) is 12.2. The van der Waals surface area contributed by atoms with Crippen LogP contribution in [-0.2, 0) is 6.54 Å². The summed E-state index contributed by atoms with van der Waals surface area (Å²) in [5, 5.41) is 0. The maximum absolute atomic E-state index is 13.9. The molecule has 0 radical (unpaired) electrons. The number of aromatic nitrogens is 2. The SMILES string of the molecule is CC(C)CCN(Cc1nc2cc(F)ccc2n1C1CCCC1)C(=O)c1cccc(I)c1. The third-order valence-corrected chi connectivity index (χ3v) is 6.75. The highest BCUT2D eigenvalue weighted by Gasteiger charge is 2.26. The van der Waals surface area contributed by atoms with E-state index in [-0.39, 0.29) is 11.7 Å². The minimum Gasteiger partial charge on any atom is -0.331 e. The van der Waals surface area contributed by atoms with E-state index in [1.807, 2.05) is 35.2 Å². The molecule has 0 atom stereocenters. The van der Waals surface area contributed by atoms with Gasteiger partial charge in [0.1, 0.15) is 11.6 Å². The van der Waals surface area contributed by atoms with Gasteiger partial charge in [-0.15, -0.1) is 0 Å². The summed E-state index contributed by atoms with van der Waals surface area (Å²) in [5.74, 6) is 1.10. The largest absolute Gasteiger partial charge is 0.331 e. The van der Waals surface area contributed by atoms with Gasteiger partial charge < -0.3 is 9.47 Å². The summed E-state index contributed by atoms with van der Waals surface area (Å²) in [6.45, 7) is 5.45. The zero-order chi connectivity index (χ0) is 22.0. The Labute approximate surface area is 197 Å². The van der Waals surface area contributed by atoms with Gasteiger partial charge in [0.15, 0.2) is 0 Å². The standard InChI is InChI=1S/C25H29FIN3O/c1-17(2)12-13-29(25(31)18-6-5-7-20(27)14-18)16-24-28-22-15-19(26)10-11-23(22)30(24)21-8-3-4-9-21/h5-7,10-11,14-15,17,21H,3-4,8-9,12-13,16H2,1-2H3. The fraction of sp³-hybridized carbons (Fsp3) is 0.440. The van der Waals surface area contributed by atoms with Crippen molar-refractivity contribution in [2.45, 2.75) is 58.5 Å². The Morgan fingerprint density at radius 1 is 1.23 bits per heavy atom. The van der Waals surface area contributed by atoms with Crippen molar-refractivity contribution in [1.29, 1.82) is 0 Å². The smallest absolute Gasteiger partial charge is 0.254 e. The molecule has 4 nitrogen and oxygen atoms in total. The van der Waals surface area contributed by atoms with Gasteiger partial charge in [0.25, 0.3) is 5.91 Å². The van der Waals surface area contributed by atoms with Crippen molar-refractivity contribution in [1.82, 2.24) is 14.5 Å². The van der Waals surface area contributed by atoms with Crippen molar-refractivity contribution >= 4 is 39.5 Å². The minimum atomic E-state index is -0.276. The minimum absolute atomic E-state index is 0.0235. The summed E-state index contributed by atoms with van der Waals surface area (Å²) >= 11 is 2.24. The molecule has 31 heavy (non-hydrogen) atoms. The van der Waals surface area contributed by atoms with Crippen molar-refractivity contribution in [2.24, 2.45) is 5.92 Å². The Morgan fingerprint density at radius 3 is 2.71 bits per heavy atom. The molecular formula is C25H29FIN3O. The number of amides is 1. The molecule has 1 aliphatic rings. The number of carbonyl (C=O) groups excluding carboxylic acids is 1. The van der Waals surface area contributed by atoms with Crippen LogP contribution in [0.15, 0.2) is 42.5 Å². The van der Waals surface area contributed by atoms with E-state index in [4.69, 9.17) is 4.98 Å². The lowest BCUT2D eigenvalue weighted by molar-refractivity contribution is 0.0728. The van der Waals surface area contributed by atoms with Crippen LogP contribution in [0.2, 0.25) is 0 Å². The van der Waals surface area contributed by atoms with Crippen LogP contribution in [0.1, 0.15) is 68.2 Å². The molecule has 1 aromatic heterocycles. The summed E-state index contributed by atoms with van der Waals surface area (Å²) in [6, 6.07) is 12.9. The van der Waals surface area contributed by atoms with Crippen LogP contribution in [0.25, 0.3) is 11.0 Å². The molecule has 1 fully saturated rings. The van der Waals surface area contributed by atoms with Gasteiger partial charge in [0, 0.05) is 27.8 Å². The summed E-state index contributed by atoms with van der Waals surface area (Å²) in [4.78, 5) is 20.2. The maximum Gasteiger partial charge on any atom is 0.254 e. The third kappa shape index (κ3) is 5.10. The summed E-state index contributed by atoms with van der Waals surface area (Å²) in [6.07, 6.45) is 5.53. The number of hydrogen-bond donors (Lipinski definition) is 0. The summed E-state index contributed by atoms with van der Waals surface area (Å²) < 4.78 is 17.2. The van der Waals surface area contributed by atoms with E-state index < -0.39 is 0 Å². The van der Waals surface area contributed by atoms with Crippen molar-refractivity contribution in [3.63, 3.8) is 0 Å². The first-order valence-electron chi connectivity index (χ1n) is 11.1. The zero-order valence-electron chi connectivity index (χ0n) is 18.2. The first-order chi connectivity index (χ1) is 14.9. The van der Waals surface area contributed by atoms with Gasteiger partial charge >= 0.3 is 0 Å². The fourth-order valence-electron chi connectivity index (χ4n) is 4.44. The molecule has 0 spiro atoms. The summed E-state index contributed by atoms with van der Waals surface area (Å²) in [5.41, 5.74) is 2.34. The van der Waals surface area contributed by atoms with Gasteiger partial charge in [-0.25, -0.2) is 9.37 Å². The average molecular weight is 533 g/mol. The van der Waals surface area contributed by atoms with E-state index >= 15 is 0 Å². The number of fused-ring (bicyclic) bond motifs is 1. The normalized spacial score (nSPS) is 14.6. The number of halogens is 2. The molecule has 0 aliphatic heterocycles. The lowest BCUT2D eigenvalue weighted by Crippen LogP contribution is -2.33. The number of carbonyl (C=O) groups is 1. The highest BCUT2D eigenvalue weighted by Crippen LogP contribution is 2.34. The number of hydrogen-bond acceptors (Lipinski definition) is 2. The Balaban J connectivity index is 1.71. The van der Waals surface area contributed by atoms with E-state index in [1.165, 1.54) is 25.0 Å². The van der Waals surface area contributed by atoms with Crippen LogP contribution < -0.4 is 0 Å². The predicted molar refractivity (Wildman–Crippen MR) is 131 cm³/mol. The highest BCUT2D eigenvalue weighted by molar-refractivity contribution is 14.1. The van der Waals surface area contributed by atoms with Crippen LogP contribution in [0, 0.1) is 15.3 Å². The molecule has 164 valence electrons. The van der Waals surface area contributed by atoms with Crippen LogP contribution >= 0.6 is 22.6 Å². The predicted octanol–water partition coefficient (Wildman–Crippen LogP) is 6.58. The number of imidazole rings is 1. The first kappa shape index (κ1) is 22.2. The lowest BCUT2D eigenvalue weighted by Gasteiger charge is -2.25. The van der Waals surface area contributed by atoms with Gasteiger partial charge in [-0.2, -0.15) is 0 Å². The Hall–Kier alpha value is -1.96. The van der Waals surface area contributed by atoms with Gasteiger partial charge in [0.05, 0.1) is 17.6 Å². The third-order valence-electron chi connectivity index (χ3n) is 6.08. The van der Waals surface area contributed by atoms with Crippen LogP contribution in [0.5, 0.6) is 0 Å². The molecule has 1 aliphatic carbocycles. The molecule has 1 heterocycles. The Morgan fingerprint density at radius 2 is 2.00 bits per heavy atom. The second-order valence-corrected chi connectivity index (χ2v) is 10.1. The van der Waals surface area contributed by atoms with E-state index in [9.17, 15) is 9.18 Å². The molecule has 1 amide bonds. The van der Waals surface area contributed by atoms with Gasteiger partial charge in [0.2, 0.25) is 0 Å². The van der Waals surface area contributed by atoms with Crippen molar-refractivity contribution < 1.29 is 9.18 Å². The number of rotatable bonds is 7. The fourth-order valence-corrected chi connectivity index (χ4v) is 4.99. The average Bonchev–Trinajstić information content (AvgIpc) is 3.37. The van der Waals surface area contributed by atoms with Crippen molar-refractivity contribution in [3.8, 4) is 0 Å². The molecule has 1 saturated carbocycles. The molecule has 4 rings (SSSR count). The van der Waals surface area contributed by atoms with E-state index in [1.54, 1.807) is 0 Å². The van der Waals surface area contributed by atoms with E-state index in [2.05, 4.69) is 41.0 Å². The van der Waals surface area contributed by atoms with E-state index in [0.717, 1.165) is 34.2 Å². The molecule has 3 aromatic rings. The molecule has 6 heteroatoms. The van der Waals surface area contributed by atoms with Crippen molar-refractivity contribution in [3.05, 3.63) is 63.2 Å². The molecule has 0 saturated heterocycles. The second kappa shape index (κ2) is 9.67. The molecule has 0 N–H and O–H groups in total. The van der Waals surface area contributed by atoms with E-state index in [0.29, 0.717) is 36.1 Å². The Kier molecular flexibility index (Phi) is 6.94. The van der Waals surface area contributed by atoms with Gasteiger partial charge in [-0.05, 0) is 78.1 Å². The second-order valence-electron chi connectivity index (χ2n) is 8.89. The monoisotopic (exact) mass is 533 g/mol.